The van der Waals surface area contributed by atoms with Gasteiger partial charge in [-0.3, -0.25) is 4.57 Å². The lowest BCUT2D eigenvalue weighted by atomic mass is 10.2. The van der Waals surface area contributed by atoms with E-state index in [1.807, 2.05) is 52.3 Å². The van der Waals surface area contributed by atoms with Crippen LogP contribution in [0.4, 0.5) is 4.39 Å². The standard InChI is InChI=1S/C15H12FIN2OS/c1-8-5-9(20-2)3-4-13(8)19-14-6-10(16)11(17)7-12(14)18-15(19)21/h3-7H,1-2H3,(H,18,21). The largest absolute Gasteiger partial charge is 0.497 e. The Hall–Kier alpha value is -1.41. The number of aryl methyl sites for hydroxylation is 1. The van der Waals surface area contributed by atoms with Gasteiger partial charge in [-0.25, -0.2) is 4.39 Å². The summed E-state index contributed by atoms with van der Waals surface area (Å²) in [6, 6.07) is 8.99. The molecule has 3 nitrogen and oxygen atoms in total. The van der Waals surface area contributed by atoms with Crippen LogP contribution < -0.4 is 4.74 Å². The Balaban J connectivity index is 2.32. The molecule has 0 aliphatic carbocycles. The van der Waals surface area contributed by atoms with Crippen molar-refractivity contribution < 1.29 is 9.13 Å². The number of halogens is 2. The van der Waals surface area contributed by atoms with Crippen molar-refractivity contribution in [3.05, 3.63) is 50.1 Å². The molecule has 1 N–H and O–H groups in total. The Kier molecular flexibility index (Phi) is 3.75. The Labute approximate surface area is 139 Å². The van der Waals surface area contributed by atoms with Crippen LogP contribution in [0, 0.1) is 21.1 Å². The molecule has 0 atom stereocenters. The average Bonchev–Trinajstić information content (AvgIpc) is 2.75. The summed E-state index contributed by atoms with van der Waals surface area (Å²) in [5.74, 6) is 0.528. The number of methoxy groups -OCH3 is 1. The molecule has 0 aliphatic rings. The minimum atomic E-state index is -0.253. The summed E-state index contributed by atoms with van der Waals surface area (Å²) in [6.07, 6.45) is 0. The average molecular weight is 414 g/mol. The second kappa shape index (κ2) is 5.42. The maximum atomic E-state index is 13.9. The third kappa shape index (κ3) is 2.46. The molecule has 1 aromatic heterocycles. The quantitative estimate of drug-likeness (QED) is 0.485. The van der Waals surface area contributed by atoms with E-state index in [4.69, 9.17) is 17.0 Å². The molecule has 0 fully saturated rings. The molecule has 0 amide bonds. The topological polar surface area (TPSA) is 29.9 Å². The number of H-pyrrole nitrogens is 1. The first-order valence-corrected chi connectivity index (χ1v) is 7.75. The summed E-state index contributed by atoms with van der Waals surface area (Å²) in [5.41, 5.74) is 3.46. The van der Waals surface area contributed by atoms with Crippen molar-refractivity contribution in [2.24, 2.45) is 0 Å². The molecule has 3 rings (SSSR count). The van der Waals surface area contributed by atoms with E-state index in [1.165, 1.54) is 6.07 Å². The van der Waals surface area contributed by atoms with E-state index in [-0.39, 0.29) is 5.82 Å². The Bertz CT molecular complexity index is 901. The number of hydrogen-bond acceptors (Lipinski definition) is 2. The van der Waals surface area contributed by atoms with Gasteiger partial charge < -0.3 is 9.72 Å². The second-order valence-corrected chi connectivity index (χ2v) is 6.25. The summed E-state index contributed by atoms with van der Waals surface area (Å²) >= 11 is 7.36. The van der Waals surface area contributed by atoms with Crippen molar-refractivity contribution in [2.75, 3.05) is 7.11 Å². The number of hydrogen-bond donors (Lipinski definition) is 1. The number of nitrogens with one attached hydrogen (secondary N) is 1. The van der Waals surface area contributed by atoms with E-state index >= 15 is 0 Å². The predicted octanol–water partition coefficient (Wildman–Crippen LogP) is 4.75. The Morgan fingerprint density at radius 3 is 2.71 bits per heavy atom. The molecule has 2 aromatic carbocycles. The first-order valence-electron chi connectivity index (χ1n) is 6.26. The van der Waals surface area contributed by atoms with Crippen LogP contribution in [0.3, 0.4) is 0 Å². The Morgan fingerprint density at radius 1 is 1.29 bits per heavy atom. The second-order valence-electron chi connectivity index (χ2n) is 4.70. The maximum Gasteiger partial charge on any atom is 0.182 e. The highest BCUT2D eigenvalue weighted by Crippen LogP contribution is 2.27. The normalized spacial score (nSPS) is 11.0. The molecule has 21 heavy (non-hydrogen) atoms. The monoisotopic (exact) mass is 414 g/mol. The van der Waals surface area contributed by atoms with Crippen LogP contribution in [0.1, 0.15) is 5.56 Å². The van der Waals surface area contributed by atoms with Crippen molar-refractivity contribution >= 4 is 45.8 Å². The lowest BCUT2D eigenvalue weighted by molar-refractivity contribution is 0.414. The van der Waals surface area contributed by atoms with Crippen LogP contribution in [-0.4, -0.2) is 16.7 Å². The fourth-order valence-corrected chi connectivity index (χ4v) is 3.12. The molecule has 108 valence electrons. The summed E-state index contributed by atoms with van der Waals surface area (Å²) < 4.78 is 22.1. The van der Waals surface area contributed by atoms with Crippen LogP contribution in [0.5, 0.6) is 5.75 Å². The maximum absolute atomic E-state index is 13.9. The van der Waals surface area contributed by atoms with Gasteiger partial charge in [0, 0.05) is 6.07 Å². The highest BCUT2D eigenvalue weighted by atomic mass is 127. The molecule has 0 aliphatic heterocycles. The fraction of sp³-hybridized carbons (Fsp3) is 0.133. The predicted molar refractivity (Wildman–Crippen MR) is 92.4 cm³/mol. The number of aromatic amines is 1. The summed E-state index contributed by atoms with van der Waals surface area (Å²) in [5, 5.41) is 0. The van der Waals surface area contributed by atoms with Crippen LogP contribution in [0.15, 0.2) is 30.3 Å². The molecular formula is C15H12FIN2OS. The van der Waals surface area contributed by atoms with Gasteiger partial charge in [0.15, 0.2) is 4.77 Å². The first kappa shape index (κ1) is 14.5. The lowest BCUT2D eigenvalue weighted by Gasteiger charge is -2.10. The van der Waals surface area contributed by atoms with Crippen molar-refractivity contribution in [1.82, 2.24) is 9.55 Å². The van der Waals surface area contributed by atoms with E-state index in [0.717, 1.165) is 28.0 Å². The van der Waals surface area contributed by atoms with Gasteiger partial charge in [-0.2, -0.15) is 0 Å². The molecule has 0 unspecified atom stereocenters. The molecule has 0 bridgehead atoms. The summed E-state index contributed by atoms with van der Waals surface area (Å²) in [4.78, 5) is 3.12. The van der Waals surface area contributed by atoms with Crippen molar-refractivity contribution in [1.29, 1.82) is 0 Å². The third-order valence-electron chi connectivity index (χ3n) is 3.37. The van der Waals surface area contributed by atoms with Crippen LogP contribution in [-0.2, 0) is 0 Å². The number of rotatable bonds is 2. The number of fused-ring (bicyclic) bond motifs is 1. The number of imidazole rings is 1. The molecule has 0 saturated heterocycles. The third-order valence-corrected chi connectivity index (χ3v) is 4.48. The van der Waals surface area contributed by atoms with Gasteiger partial charge in [0.2, 0.25) is 0 Å². The molecule has 0 spiro atoms. The molecule has 6 heteroatoms. The highest BCUT2D eigenvalue weighted by molar-refractivity contribution is 14.1. The van der Waals surface area contributed by atoms with Crippen molar-refractivity contribution in [3.8, 4) is 11.4 Å². The van der Waals surface area contributed by atoms with Gasteiger partial charge in [-0.05, 0) is 71.6 Å². The van der Waals surface area contributed by atoms with Crippen LogP contribution >= 0.6 is 34.8 Å². The van der Waals surface area contributed by atoms with Gasteiger partial charge in [0.05, 0.1) is 27.4 Å². The van der Waals surface area contributed by atoms with Crippen molar-refractivity contribution in [2.45, 2.75) is 6.92 Å². The Morgan fingerprint density at radius 2 is 2.05 bits per heavy atom. The SMILES string of the molecule is COc1ccc(-n2c(=S)[nH]c3cc(I)c(F)cc32)c(C)c1. The van der Waals surface area contributed by atoms with Crippen molar-refractivity contribution in [3.63, 3.8) is 0 Å². The molecule has 3 aromatic rings. The van der Waals surface area contributed by atoms with E-state index in [9.17, 15) is 4.39 Å². The number of nitrogens with zero attached hydrogens (tertiary/aromatic N) is 1. The first-order chi connectivity index (χ1) is 10.0. The lowest BCUT2D eigenvalue weighted by Crippen LogP contribution is -1.98. The summed E-state index contributed by atoms with van der Waals surface area (Å²) in [6.45, 7) is 1.97. The van der Waals surface area contributed by atoms with E-state index in [0.29, 0.717) is 8.34 Å². The smallest absolute Gasteiger partial charge is 0.182 e. The van der Waals surface area contributed by atoms with Gasteiger partial charge >= 0.3 is 0 Å². The zero-order chi connectivity index (χ0) is 15.1. The number of ether oxygens (including phenoxy) is 1. The van der Waals surface area contributed by atoms with Gasteiger partial charge in [0.25, 0.3) is 0 Å². The van der Waals surface area contributed by atoms with Crippen LogP contribution in [0.25, 0.3) is 16.7 Å². The minimum absolute atomic E-state index is 0.253. The zero-order valence-corrected chi connectivity index (χ0v) is 14.4. The van der Waals surface area contributed by atoms with Gasteiger partial charge in [-0.15, -0.1) is 0 Å². The number of aromatic nitrogens is 2. The zero-order valence-electron chi connectivity index (χ0n) is 11.4. The number of benzene rings is 2. The van der Waals surface area contributed by atoms with Gasteiger partial charge in [-0.1, -0.05) is 0 Å². The van der Waals surface area contributed by atoms with Gasteiger partial charge in [0.1, 0.15) is 11.6 Å². The highest BCUT2D eigenvalue weighted by Gasteiger charge is 2.12. The molecule has 0 radical (unpaired) electrons. The van der Waals surface area contributed by atoms with E-state index in [2.05, 4.69) is 4.98 Å². The molecule has 0 saturated carbocycles. The fourth-order valence-electron chi connectivity index (χ4n) is 2.35. The molecule has 1 heterocycles. The van der Waals surface area contributed by atoms with Crippen LogP contribution in [0.2, 0.25) is 0 Å². The molecular weight excluding hydrogens is 402 g/mol. The van der Waals surface area contributed by atoms with E-state index in [1.54, 1.807) is 13.2 Å². The van der Waals surface area contributed by atoms with E-state index < -0.39 is 0 Å². The summed E-state index contributed by atoms with van der Waals surface area (Å²) in [7, 11) is 1.63. The minimum Gasteiger partial charge on any atom is -0.497 e.